The zero-order valence-corrected chi connectivity index (χ0v) is 10.6. The summed E-state index contributed by atoms with van der Waals surface area (Å²) in [6.45, 7) is 0. The molecule has 0 fully saturated rings. The number of furan rings is 1. The zero-order chi connectivity index (χ0) is 13.1. The van der Waals surface area contributed by atoms with Crippen molar-refractivity contribution in [3.05, 3.63) is 52.7 Å². The quantitative estimate of drug-likeness (QED) is 0.861. The van der Waals surface area contributed by atoms with Crippen molar-refractivity contribution in [2.75, 3.05) is 0 Å². The van der Waals surface area contributed by atoms with E-state index in [0.717, 1.165) is 4.90 Å². The zero-order valence-electron chi connectivity index (χ0n) is 9.02. The normalized spacial score (nSPS) is 10.6. The molecule has 0 bridgehead atoms. The molecule has 0 amide bonds. The highest BCUT2D eigenvalue weighted by Gasteiger charge is 2.09. The van der Waals surface area contributed by atoms with Crippen LogP contribution in [0.25, 0.3) is 0 Å². The summed E-state index contributed by atoms with van der Waals surface area (Å²) in [7, 11) is 0. The Bertz CT molecular complexity index is 582. The largest absolute Gasteiger partial charge is 0.475 e. The van der Waals surface area contributed by atoms with Gasteiger partial charge in [-0.15, -0.1) is 11.8 Å². The fourth-order valence-electron chi connectivity index (χ4n) is 1.29. The average Bonchev–Trinajstić information content (AvgIpc) is 2.79. The third kappa shape index (κ3) is 3.05. The number of carboxylic acids is 1. The van der Waals surface area contributed by atoms with Crippen LogP contribution in [0.15, 0.2) is 39.6 Å². The van der Waals surface area contributed by atoms with Crippen molar-refractivity contribution in [2.45, 2.75) is 10.6 Å². The number of halogens is 2. The molecule has 0 spiro atoms. The number of hydrogen-bond donors (Lipinski definition) is 1. The first-order chi connectivity index (χ1) is 8.56. The van der Waals surface area contributed by atoms with Crippen molar-refractivity contribution in [1.29, 1.82) is 0 Å². The van der Waals surface area contributed by atoms with Gasteiger partial charge < -0.3 is 9.52 Å². The molecule has 0 atom stereocenters. The van der Waals surface area contributed by atoms with Crippen molar-refractivity contribution >= 4 is 29.3 Å². The van der Waals surface area contributed by atoms with E-state index in [-0.39, 0.29) is 10.8 Å². The molecule has 0 aliphatic carbocycles. The third-order valence-electron chi connectivity index (χ3n) is 2.14. The minimum Gasteiger partial charge on any atom is -0.475 e. The van der Waals surface area contributed by atoms with E-state index in [1.54, 1.807) is 12.1 Å². The lowest BCUT2D eigenvalue weighted by Crippen LogP contribution is -1.91. The molecule has 0 aliphatic heterocycles. The first-order valence-corrected chi connectivity index (χ1v) is 6.32. The summed E-state index contributed by atoms with van der Waals surface area (Å²) in [5.41, 5.74) is 0. The van der Waals surface area contributed by atoms with E-state index in [2.05, 4.69) is 0 Å². The van der Waals surface area contributed by atoms with Gasteiger partial charge in [0.25, 0.3) is 0 Å². The van der Waals surface area contributed by atoms with E-state index < -0.39 is 11.8 Å². The minimum atomic E-state index is -1.10. The van der Waals surface area contributed by atoms with Gasteiger partial charge in [0.05, 0.1) is 10.8 Å². The van der Waals surface area contributed by atoms with E-state index in [4.69, 9.17) is 21.1 Å². The van der Waals surface area contributed by atoms with Gasteiger partial charge in [-0.1, -0.05) is 11.6 Å². The van der Waals surface area contributed by atoms with Crippen LogP contribution < -0.4 is 0 Å². The van der Waals surface area contributed by atoms with Crippen LogP contribution in [-0.2, 0) is 5.75 Å². The molecule has 18 heavy (non-hydrogen) atoms. The molecule has 0 saturated heterocycles. The highest BCUT2D eigenvalue weighted by atomic mass is 35.5. The number of aromatic carboxylic acids is 1. The Hall–Kier alpha value is -1.46. The average molecular weight is 287 g/mol. The van der Waals surface area contributed by atoms with Crippen LogP contribution in [0.2, 0.25) is 5.02 Å². The molecule has 1 heterocycles. The Kier molecular flexibility index (Phi) is 3.93. The van der Waals surface area contributed by atoms with Gasteiger partial charge in [0.15, 0.2) is 0 Å². The van der Waals surface area contributed by atoms with Crippen LogP contribution in [0.1, 0.15) is 16.3 Å². The van der Waals surface area contributed by atoms with Gasteiger partial charge in [0.1, 0.15) is 11.6 Å². The molecule has 2 rings (SSSR count). The van der Waals surface area contributed by atoms with E-state index in [1.165, 1.54) is 30.0 Å². The molecule has 1 N–H and O–H groups in total. The summed E-state index contributed by atoms with van der Waals surface area (Å²) >= 11 is 7.04. The molecule has 0 saturated carbocycles. The Balaban J connectivity index is 2.02. The predicted octanol–water partition coefficient (Wildman–Crippen LogP) is 4.06. The Labute approximate surface area is 112 Å². The van der Waals surface area contributed by atoms with E-state index in [0.29, 0.717) is 11.5 Å². The number of carbonyl (C=O) groups is 1. The fourth-order valence-corrected chi connectivity index (χ4v) is 2.37. The Morgan fingerprint density at radius 3 is 2.78 bits per heavy atom. The molecule has 1 aromatic carbocycles. The van der Waals surface area contributed by atoms with Gasteiger partial charge in [0, 0.05) is 4.90 Å². The molecular formula is C12H8ClFO3S. The predicted molar refractivity (Wildman–Crippen MR) is 66.6 cm³/mol. The number of thioether (sulfide) groups is 1. The van der Waals surface area contributed by atoms with Crippen molar-refractivity contribution in [3.8, 4) is 0 Å². The number of carboxylic acid groups (broad SMARTS) is 1. The molecule has 0 radical (unpaired) electrons. The summed E-state index contributed by atoms with van der Waals surface area (Å²) in [5, 5.41) is 8.75. The van der Waals surface area contributed by atoms with Crippen molar-refractivity contribution in [2.24, 2.45) is 0 Å². The summed E-state index contributed by atoms with van der Waals surface area (Å²) in [6.07, 6.45) is 0. The Morgan fingerprint density at radius 1 is 1.39 bits per heavy atom. The maximum Gasteiger partial charge on any atom is 0.371 e. The smallest absolute Gasteiger partial charge is 0.371 e. The highest BCUT2D eigenvalue weighted by Crippen LogP contribution is 2.27. The monoisotopic (exact) mass is 286 g/mol. The lowest BCUT2D eigenvalue weighted by molar-refractivity contribution is 0.0661. The van der Waals surface area contributed by atoms with Gasteiger partial charge in [-0.3, -0.25) is 0 Å². The summed E-state index contributed by atoms with van der Waals surface area (Å²) in [4.78, 5) is 11.4. The molecule has 94 valence electrons. The number of benzene rings is 1. The second kappa shape index (κ2) is 5.46. The van der Waals surface area contributed by atoms with Gasteiger partial charge in [0.2, 0.25) is 5.76 Å². The molecule has 3 nitrogen and oxygen atoms in total. The second-order valence-corrected chi connectivity index (χ2v) is 4.89. The molecule has 0 unspecified atom stereocenters. The number of rotatable bonds is 4. The molecule has 1 aromatic heterocycles. The van der Waals surface area contributed by atoms with Gasteiger partial charge in [-0.25, -0.2) is 9.18 Å². The maximum atomic E-state index is 12.9. The fraction of sp³-hybridized carbons (Fsp3) is 0.0833. The van der Waals surface area contributed by atoms with Crippen molar-refractivity contribution < 1.29 is 18.7 Å². The lowest BCUT2D eigenvalue weighted by Gasteiger charge is -2.00. The molecular weight excluding hydrogens is 279 g/mol. The van der Waals surface area contributed by atoms with Crippen LogP contribution in [0.5, 0.6) is 0 Å². The van der Waals surface area contributed by atoms with Gasteiger partial charge in [-0.05, 0) is 30.3 Å². The standard InChI is InChI=1S/C12H8ClFO3S/c13-9-5-8(2-3-10(9)14)18-6-7-1-4-11(17-7)12(15)16/h1-5H,6H2,(H,15,16). The van der Waals surface area contributed by atoms with Crippen LogP contribution >= 0.6 is 23.4 Å². The van der Waals surface area contributed by atoms with E-state index in [9.17, 15) is 9.18 Å². The van der Waals surface area contributed by atoms with E-state index in [1.807, 2.05) is 0 Å². The first-order valence-electron chi connectivity index (χ1n) is 4.96. The SMILES string of the molecule is O=C(O)c1ccc(CSc2ccc(F)c(Cl)c2)o1. The minimum absolute atomic E-state index is 0.0608. The summed E-state index contributed by atoms with van der Waals surface area (Å²) in [6, 6.07) is 7.41. The van der Waals surface area contributed by atoms with Crippen LogP contribution in [0.3, 0.4) is 0 Å². The van der Waals surface area contributed by atoms with Crippen LogP contribution in [0, 0.1) is 5.82 Å². The maximum absolute atomic E-state index is 12.9. The molecule has 0 aliphatic rings. The number of hydrogen-bond acceptors (Lipinski definition) is 3. The van der Waals surface area contributed by atoms with Crippen LogP contribution in [0.4, 0.5) is 4.39 Å². The third-order valence-corrected chi connectivity index (χ3v) is 3.45. The topological polar surface area (TPSA) is 50.4 Å². The van der Waals surface area contributed by atoms with Crippen molar-refractivity contribution in [3.63, 3.8) is 0 Å². The molecule has 2 aromatic rings. The summed E-state index contributed by atoms with van der Waals surface area (Å²) in [5.74, 6) is -0.668. The second-order valence-electron chi connectivity index (χ2n) is 3.44. The van der Waals surface area contributed by atoms with Gasteiger partial charge in [-0.2, -0.15) is 0 Å². The van der Waals surface area contributed by atoms with Gasteiger partial charge >= 0.3 is 5.97 Å². The summed E-state index contributed by atoms with van der Waals surface area (Å²) < 4.78 is 18.0. The Morgan fingerprint density at radius 2 is 2.17 bits per heavy atom. The van der Waals surface area contributed by atoms with Crippen LogP contribution in [-0.4, -0.2) is 11.1 Å². The highest BCUT2D eigenvalue weighted by molar-refractivity contribution is 7.98. The molecule has 6 heteroatoms. The van der Waals surface area contributed by atoms with E-state index >= 15 is 0 Å². The van der Waals surface area contributed by atoms with Crippen molar-refractivity contribution in [1.82, 2.24) is 0 Å². The lowest BCUT2D eigenvalue weighted by atomic mass is 10.3. The first kappa shape index (κ1) is 13.0.